The largest absolute Gasteiger partial charge is 0.494 e. The Bertz CT molecular complexity index is 402. The molecule has 0 spiro atoms. The zero-order valence-corrected chi connectivity index (χ0v) is 10.2. The fourth-order valence-corrected chi connectivity index (χ4v) is 1.80. The van der Waals surface area contributed by atoms with Crippen molar-refractivity contribution in [2.45, 2.75) is 25.8 Å². The van der Waals surface area contributed by atoms with Gasteiger partial charge in [-0.15, -0.1) is 0 Å². The molecule has 1 aromatic carbocycles. The van der Waals surface area contributed by atoms with Gasteiger partial charge in [-0.3, -0.25) is 0 Å². The minimum Gasteiger partial charge on any atom is -0.494 e. The predicted octanol–water partition coefficient (Wildman–Crippen LogP) is 2.43. The highest BCUT2D eigenvalue weighted by Crippen LogP contribution is 2.27. The van der Waals surface area contributed by atoms with Crippen LogP contribution in [-0.2, 0) is 10.3 Å². The van der Waals surface area contributed by atoms with Crippen LogP contribution in [-0.4, -0.2) is 19.3 Å². The molecule has 1 aliphatic heterocycles. The van der Waals surface area contributed by atoms with Crippen molar-refractivity contribution in [1.29, 1.82) is 0 Å². The molecule has 1 aromatic rings. The van der Waals surface area contributed by atoms with Crippen molar-refractivity contribution in [3.05, 3.63) is 29.8 Å². The SMILES string of the molecule is CCCOc1ccc(C2(C)COC(=O)N2)cc1. The first-order chi connectivity index (χ1) is 8.14. The molecule has 0 aliphatic carbocycles. The lowest BCUT2D eigenvalue weighted by Gasteiger charge is -2.21. The molecule has 0 saturated carbocycles. The second-order valence-corrected chi connectivity index (χ2v) is 4.41. The molecule has 1 unspecified atom stereocenters. The Morgan fingerprint density at radius 1 is 1.41 bits per heavy atom. The summed E-state index contributed by atoms with van der Waals surface area (Å²) in [5.41, 5.74) is 0.590. The summed E-state index contributed by atoms with van der Waals surface area (Å²) in [5, 5.41) is 2.81. The van der Waals surface area contributed by atoms with Gasteiger partial charge in [0.2, 0.25) is 0 Å². The lowest BCUT2D eigenvalue weighted by atomic mass is 9.94. The highest BCUT2D eigenvalue weighted by atomic mass is 16.6. The highest BCUT2D eigenvalue weighted by molar-refractivity contribution is 5.71. The standard InChI is InChI=1S/C13H17NO3/c1-3-8-16-11-6-4-10(5-7-11)13(2)9-17-12(15)14-13/h4-7H,3,8-9H2,1-2H3,(H,14,15). The van der Waals surface area contributed by atoms with Crippen molar-refractivity contribution in [1.82, 2.24) is 5.32 Å². The number of ether oxygens (including phenoxy) is 2. The number of alkyl carbamates (subject to hydrolysis) is 1. The molecule has 1 N–H and O–H groups in total. The molecule has 0 aromatic heterocycles. The molecule has 1 aliphatic rings. The molecular formula is C13H17NO3. The van der Waals surface area contributed by atoms with Crippen LogP contribution in [0.1, 0.15) is 25.8 Å². The lowest BCUT2D eigenvalue weighted by Crippen LogP contribution is -2.37. The van der Waals surface area contributed by atoms with Crippen molar-refractivity contribution in [2.75, 3.05) is 13.2 Å². The summed E-state index contributed by atoms with van der Waals surface area (Å²) in [6, 6.07) is 7.75. The summed E-state index contributed by atoms with van der Waals surface area (Å²) in [7, 11) is 0. The maximum Gasteiger partial charge on any atom is 0.408 e. The number of hydrogen-bond donors (Lipinski definition) is 1. The van der Waals surface area contributed by atoms with E-state index in [9.17, 15) is 4.79 Å². The molecule has 2 rings (SSSR count). The Hall–Kier alpha value is -1.71. The van der Waals surface area contributed by atoms with Crippen LogP contribution in [0.2, 0.25) is 0 Å². The van der Waals surface area contributed by atoms with E-state index in [1.165, 1.54) is 0 Å². The van der Waals surface area contributed by atoms with Crippen LogP contribution in [0.25, 0.3) is 0 Å². The molecule has 0 radical (unpaired) electrons. The van der Waals surface area contributed by atoms with E-state index in [4.69, 9.17) is 9.47 Å². The van der Waals surface area contributed by atoms with Crippen LogP contribution in [0.3, 0.4) is 0 Å². The summed E-state index contributed by atoms with van der Waals surface area (Å²) >= 11 is 0. The first-order valence-corrected chi connectivity index (χ1v) is 5.82. The fraction of sp³-hybridized carbons (Fsp3) is 0.462. The van der Waals surface area contributed by atoms with E-state index in [0.29, 0.717) is 6.61 Å². The van der Waals surface area contributed by atoms with Gasteiger partial charge in [0, 0.05) is 0 Å². The zero-order valence-electron chi connectivity index (χ0n) is 10.2. The topological polar surface area (TPSA) is 47.6 Å². The monoisotopic (exact) mass is 235 g/mol. The van der Waals surface area contributed by atoms with Crippen LogP contribution in [0.4, 0.5) is 4.79 Å². The van der Waals surface area contributed by atoms with Gasteiger partial charge in [-0.05, 0) is 31.0 Å². The van der Waals surface area contributed by atoms with Gasteiger partial charge in [0.05, 0.1) is 12.1 Å². The van der Waals surface area contributed by atoms with Crippen molar-refractivity contribution in [3.8, 4) is 5.75 Å². The normalized spacial score (nSPS) is 23.1. The van der Waals surface area contributed by atoms with E-state index in [0.717, 1.165) is 24.3 Å². The van der Waals surface area contributed by atoms with Gasteiger partial charge in [-0.25, -0.2) is 4.79 Å². The highest BCUT2D eigenvalue weighted by Gasteiger charge is 2.36. The van der Waals surface area contributed by atoms with Gasteiger partial charge in [0.15, 0.2) is 0 Å². The van der Waals surface area contributed by atoms with Gasteiger partial charge < -0.3 is 14.8 Å². The Kier molecular flexibility index (Phi) is 3.22. The molecule has 0 bridgehead atoms. The number of carbonyl (C=O) groups excluding carboxylic acids is 1. The van der Waals surface area contributed by atoms with Crippen molar-refractivity contribution >= 4 is 6.09 Å². The van der Waals surface area contributed by atoms with Crippen LogP contribution in [0, 0.1) is 0 Å². The number of nitrogens with one attached hydrogen (secondary N) is 1. The van der Waals surface area contributed by atoms with Gasteiger partial charge >= 0.3 is 6.09 Å². The first-order valence-electron chi connectivity index (χ1n) is 5.82. The van der Waals surface area contributed by atoms with Crippen LogP contribution >= 0.6 is 0 Å². The number of benzene rings is 1. The van der Waals surface area contributed by atoms with Crippen molar-refractivity contribution in [2.24, 2.45) is 0 Å². The molecule has 1 fully saturated rings. The van der Waals surface area contributed by atoms with Gasteiger partial charge in [-0.1, -0.05) is 19.1 Å². The van der Waals surface area contributed by atoms with E-state index < -0.39 is 5.54 Å². The summed E-state index contributed by atoms with van der Waals surface area (Å²) in [6.07, 6.45) is 0.627. The molecule has 1 amide bonds. The third kappa shape index (κ3) is 2.52. The van der Waals surface area contributed by atoms with E-state index in [1.807, 2.05) is 31.2 Å². The third-order valence-electron chi connectivity index (χ3n) is 2.83. The number of cyclic esters (lactones) is 1. The Labute approximate surface area is 101 Å². The molecule has 92 valence electrons. The molecule has 4 nitrogen and oxygen atoms in total. The second-order valence-electron chi connectivity index (χ2n) is 4.41. The Morgan fingerprint density at radius 3 is 2.65 bits per heavy atom. The minimum atomic E-state index is -0.430. The Morgan fingerprint density at radius 2 is 2.12 bits per heavy atom. The summed E-state index contributed by atoms with van der Waals surface area (Å²) in [5.74, 6) is 0.851. The van der Waals surface area contributed by atoms with E-state index in [2.05, 4.69) is 12.2 Å². The lowest BCUT2D eigenvalue weighted by molar-refractivity contribution is 0.173. The maximum atomic E-state index is 11.1. The summed E-state index contributed by atoms with van der Waals surface area (Å²) < 4.78 is 10.4. The fourth-order valence-electron chi connectivity index (χ4n) is 1.80. The van der Waals surface area contributed by atoms with E-state index in [1.54, 1.807) is 0 Å². The maximum absolute atomic E-state index is 11.1. The molecular weight excluding hydrogens is 218 g/mol. The number of carbonyl (C=O) groups is 1. The second kappa shape index (κ2) is 4.65. The zero-order chi connectivity index (χ0) is 12.3. The average Bonchev–Trinajstić information content (AvgIpc) is 2.68. The molecule has 17 heavy (non-hydrogen) atoms. The number of amides is 1. The molecule has 1 saturated heterocycles. The molecule has 1 heterocycles. The van der Waals surface area contributed by atoms with E-state index in [-0.39, 0.29) is 6.09 Å². The smallest absolute Gasteiger partial charge is 0.408 e. The number of rotatable bonds is 4. The summed E-state index contributed by atoms with van der Waals surface area (Å²) in [6.45, 7) is 5.10. The quantitative estimate of drug-likeness (QED) is 0.871. The molecule has 4 heteroatoms. The number of hydrogen-bond acceptors (Lipinski definition) is 3. The van der Waals surface area contributed by atoms with Crippen molar-refractivity contribution < 1.29 is 14.3 Å². The minimum absolute atomic E-state index is 0.362. The first kappa shape index (κ1) is 11.8. The van der Waals surface area contributed by atoms with Crippen molar-refractivity contribution in [3.63, 3.8) is 0 Å². The molecule has 1 atom stereocenters. The van der Waals surface area contributed by atoms with Gasteiger partial charge in [0.25, 0.3) is 0 Å². The third-order valence-corrected chi connectivity index (χ3v) is 2.83. The van der Waals surface area contributed by atoms with Crippen LogP contribution in [0.5, 0.6) is 5.75 Å². The Balaban J connectivity index is 2.09. The average molecular weight is 235 g/mol. The van der Waals surface area contributed by atoms with Crippen LogP contribution in [0.15, 0.2) is 24.3 Å². The van der Waals surface area contributed by atoms with Gasteiger partial charge in [0.1, 0.15) is 12.4 Å². The predicted molar refractivity (Wildman–Crippen MR) is 64.1 cm³/mol. The summed E-state index contributed by atoms with van der Waals surface area (Å²) in [4.78, 5) is 11.1. The van der Waals surface area contributed by atoms with Crippen LogP contribution < -0.4 is 10.1 Å². The van der Waals surface area contributed by atoms with E-state index >= 15 is 0 Å². The van der Waals surface area contributed by atoms with Gasteiger partial charge in [-0.2, -0.15) is 0 Å².